The quantitative estimate of drug-likeness (QED) is 0.642. The number of sulfonamides is 1. The van der Waals surface area contributed by atoms with E-state index in [2.05, 4.69) is 14.7 Å². The molecule has 1 rings (SSSR count). The van der Waals surface area contributed by atoms with E-state index in [0.717, 1.165) is 0 Å². The van der Waals surface area contributed by atoms with E-state index in [1.807, 2.05) is 6.92 Å². The molecule has 0 spiro atoms. The third-order valence-electron chi connectivity index (χ3n) is 1.71. The van der Waals surface area contributed by atoms with Crippen molar-refractivity contribution in [3.63, 3.8) is 0 Å². The predicted octanol–water partition coefficient (Wildman–Crippen LogP) is -0.134. The molecule has 0 aliphatic heterocycles. The summed E-state index contributed by atoms with van der Waals surface area (Å²) in [4.78, 5) is 6.71. The Balaban J connectivity index is 2.30. The van der Waals surface area contributed by atoms with Gasteiger partial charge in [0.1, 0.15) is 5.82 Å². The van der Waals surface area contributed by atoms with Crippen LogP contribution in [0.2, 0.25) is 0 Å². The molecule has 1 aromatic heterocycles. The highest BCUT2D eigenvalue weighted by Crippen LogP contribution is 1.91. The van der Waals surface area contributed by atoms with Crippen molar-refractivity contribution in [2.75, 3.05) is 19.0 Å². The summed E-state index contributed by atoms with van der Waals surface area (Å²) in [5.41, 5.74) is 0. The summed E-state index contributed by atoms with van der Waals surface area (Å²) in [7, 11) is -3.26. The first-order chi connectivity index (χ1) is 7.14. The molecule has 6 nitrogen and oxygen atoms in total. The summed E-state index contributed by atoms with van der Waals surface area (Å²) in [6.45, 7) is 2.74. The highest BCUT2D eigenvalue weighted by Gasteiger charge is 2.09. The number of ether oxygens (including phenoxy) is 1. The van der Waals surface area contributed by atoms with Crippen LogP contribution >= 0.6 is 0 Å². The van der Waals surface area contributed by atoms with Gasteiger partial charge in [-0.25, -0.2) is 18.1 Å². The van der Waals surface area contributed by atoms with Crippen LogP contribution in [0.3, 0.4) is 0 Å². The number of rotatable bonds is 7. The van der Waals surface area contributed by atoms with Crippen molar-refractivity contribution in [1.82, 2.24) is 14.7 Å². The van der Waals surface area contributed by atoms with Crippen molar-refractivity contribution in [1.29, 1.82) is 0 Å². The van der Waals surface area contributed by atoms with Crippen LogP contribution in [0.15, 0.2) is 12.4 Å². The number of hydrogen-bond donors (Lipinski definition) is 2. The molecule has 0 aromatic carbocycles. The van der Waals surface area contributed by atoms with Crippen LogP contribution in [0.25, 0.3) is 0 Å². The molecule has 15 heavy (non-hydrogen) atoms. The van der Waals surface area contributed by atoms with Crippen molar-refractivity contribution < 1.29 is 13.2 Å². The largest absolute Gasteiger partial charge is 0.381 e. The number of nitrogens with zero attached hydrogens (tertiary/aromatic N) is 1. The van der Waals surface area contributed by atoms with E-state index in [4.69, 9.17) is 4.74 Å². The second-order valence-electron chi connectivity index (χ2n) is 2.87. The Morgan fingerprint density at radius 3 is 3.00 bits per heavy atom. The van der Waals surface area contributed by atoms with Gasteiger partial charge >= 0.3 is 0 Å². The Morgan fingerprint density at radius 2 is 2.40 bits per heavy atom. The molecule has 0 unspecified atom stereocenters. The van der Waals surface area contributed by atoms with Gasteiger partial charge in [-0.2, -0.15) is 0 Å². The van der Waals surface area contributed by atoms with Crippen molar-refractivity contribution in [3.8, 4) is 0 Å². The van der Waals surface area contributed by atoms with Gasteiger partial charge < -0.3 is 9.72 Å². The average Bonchev–Trinajstić information content (AvgIpc) is 2.68. The number of aromatic amines is 1. The van der Waals surface area contributed by atoms with Crippen LogP contribution in [0.1, 0.15) is 12.7 Å². The van der Waals surface area contributed by atoms with Gasteiger partial charge in [-0.05, 0) is 6.92 Å². The van der Waals surface area contributed by atoms with Crippen molar-refractivity contribution >= 4 is 10.0 Å². The maximum atomic E-state index is 11.4. The van der Waals surface area contributed by atoms with E-state index in [9.17, 15) is 8.42 Å². The number of nitrogens with one attached hydrogen (secondary N) is 2. The Bertz CT molecular complexity index is 360. The topological polar surface area (TPSA) is 84.1 Å². The standard InChI is InChI=1S/C8H15N3O3S/c1-2-14-5-6-15(12,13)11-7-8-9-3-4-10-8/h3-4,11H,2,5-7H2,1H3,(H,9,10). The maximum absolute atomic E-state index is 11.4. The highest BCUT2D eigenvalue weighted by molar-refractivity contribution is 7.89. The lowest BCUT2D eigenvalue weighted by atomic mass is 10.6. The molecule has 0 saturated carbocycles. The normalized spacial score (nSPS) is 11.8. The fourth-order valence-corrected chi connectivity index (χ4v) is 1.80. The maximum Gasteiger partial charge on any atom is 0.214 e. The first-order valence-electron chi connectivity index (χ1n) is 4.67. The number of hydrogen-bond acceptors (Lipinski definition) is 4. The first-order valence-corrected chi connectivity index (χ1v) is 6.32. The van der Waals surface area contributed by atoms with E-state index in [0.29, 0.717) is 12.4 Å². The van der Waals surface area contributed by atoms with Gasteiger partial charge in [-0.15, -0.1) is 0 Å². The van der Waals surface area contributed by atoms with Gasteiger partial charge in [-0.3, -0.25) is 0 Å². The smallest absolute Gasteiger partial charge is 0.214 e. The van der Waals surface area contributed by atoms with E-state index in [1.54, 1.807) is 12.4 Å². The Morgan fingerprint density at radius 1 is 1.60 bits per heavy atom. The van der Waals surface area contributed by atoms with E-state index in [-0.39, 0.29) is 18.9 Å². The fourth-order valence-electron chi connectivity index (χ4n) is 0.958. The number of H-pyrrole nitrogens is 1. The lowest BCUT2D eigenvalue weighted by molar-refractivity contribution is 0.163. The molecule has 0 bridgehead atoms. The van der Waals surface area contributed by atoms with Gasteiger partial charge in [0.2, 0.25) is 10.0 Å². The molecule has 2 N–H and O–H groups in total. The van der Waals surface area contributed by atoms with Crippen LogP contribution in [0.5, 0.6) is 0 Å². The van der Waals surface area contributed by atoms with Crippen molar-refractivity contribution in [2.45, 2.75) is 13.5 Å². The molecule has 0 amide bonds. The summed E-state index contributed by atoms with van der Waals surface area (Å²) in [5, 5.41) is 0. The fraction of sp³-hybridized carbons (Fsp3) is 0.625. The van der Waals surface area contributed by atoms with Gasteiger partial charge in [-0.1, -0.05) is 0 Å². The third-order valence-corrected chi connectivity index (χ3v) is 3.00. The SMILES string of the molecule is CCOCCS(=O)(=O)NCc1ncc[nH]1. The minimum absolute atomic E-state index is 0.0262. The van der Waals surface area contributed by atoms with Crippen LogP contribution in [0, 0.1) is 0 Å². The molecule has 0 saturated heterocycles. The zero-order valence-corrected chi connectivity index (χ0v) is 9.38. The zero-order valence-electron chi connectivity index (χ0n) is 8.56. The Kier molecular flexibility index (Phi) is 4.73. The summed E-state index contributed by atoms with van der Waals surface area (Å²) in [5.74, 6) is 0.566. The van der Waals surface area contributed by atoms with E-state index < -0.39 is 10.0 Å². The predicted molar refractivity (Wildman–Crippen MR) is 55.7 cm³/mol. The second kappa shape index (κ2) is 5.84. The Labute approximate surface area is 89.1 Å². The highest BCUT2D eigenvalue weighted by atomic mass is 32.2. The van der Waals surface area contributed by atoms with Crippen LogP contribution in [-0.2, 0) is 21.3 Å². The van der Waals surface area contributed by atoms with E-state index >= 15 is 0 Å². The molecular formula is C8H15N3O3S. The third kappa shape index (κ3) is 4.91. The Hall–Kier alpha value is -0.920. The van der Waals surface area contributed by atoms with Crippen molar-refractivity contribution in [3.05, 3.63) is 18.2 Å². The minimum Gasteiger partial charge on any atom is -0.381 e. The van der Waals surface area contributed by atoms with Gasteiger partial charge in [0.05, 0.1) is 18.9 Å². The molecule has 7 heteroatoms. The molecule has 0 radical (unpaired) electrons. The van der Waals surface area contributed by atoms with Crippen LogP contribution in [-0.4, -0.2) is 37.4 Å². The molecule has 0 aliphatic rings. The molecule has 0 aliphatic carbocycles. The monoisotopic (exact) mass is 233 g/mol. The molecule has 0 fully saturated rings. The van der Waals surface area contributed by atoms with Gasteiger partial charge in [0, 0.05) is 19.0 Å². The van der Waals surface area contributed by atoms with Crippen LogP contribution in [0.4, 0.5) is 0 Å². The van der Waals surface area contributed by atoms with Crippen LogP contribution < -0.4 is 4.72 Å². The minimum atomic E-state index is -3.26. The summed E-state index contributed by atoms with van der Waals surface area (Å²) in [6.07, 6.45) is 3.22. The van der Waals surface area contributed by atoms with Gasteiger partial charge in [0.15, 0.2) is 0 Å². The first kappa shape index (κ1) is 12.2. The molecule has 1 heterocycles. The summed E-state index contributed by atoms with van der Waals surface area (Å²) >= 11 is 0. The zero-order chi connectivity index (χ0) is 11.1. The lowest BCUT2D eigenvalue weighted by Gasteiger charge is -2.04. The molecular weight excluding hydrogens is 218 g/mol. The second-order valence-corrected chi connectivity index (χ2v) is 4.80. The summed E-state index contributed by atoms with van der Waals surface area (Å²) < 4.78 is 30.1. The van der Waals surface area contributed by atoms with Crippen molar-refractivity contribution in [2.24, 2.45) is 0 Å². The molecule has 1 aromatic rings. The van der Waals surface area contributed by atoms with E-state index in [1.165, 1.54) is 0 Å². The summed E-state index contributed by atoms with van der Waals surface area (Å²) in [6, 6.07) is 0. The number of aromatic nitrogens is 2. The molecule has 0 atom stereocenters. The van der Waals surface area contributed by atoms with Gasteiger partial charge in [0.25, 0.3) is 0 Å². The lowest BCUT2D eigenvalue weighted by Crippen LogP contribution is -2.28. The number of imidazole rings is 1. The average molecular weight is 233 g/mol. The molecule has 86 valence electrons.